The second-order valence-corrected chi connectivity index (χ2v) is 0.981. The van der Waals surface area contributed by atoms with Crippen molar-refractivity contribution in [3.63, 3.8) is 0 Å². The molecule has 1 N–H and O–H groups in total. The molecule has 0 atom stereocenters. The van der Waals surface area contributed by atoms with Gasteiger partial charge in [-0.2, -0.15) is 0 Å². The average Bonchev–Trinajstić information content (AvgIpc) is 0.811. The summed E-state index contributed by atoms with van der Waals surface area (Å²) in [6.45, 7) is 0. The quantitative estimate of drug-likeness (QED) is 0.410. The summed E-state index contributed by atoms with van der Waals surface area (Å²) in [5.41, 5.74) is 0. The Morgan fingerprint density at radius 2 is 1.29 bits per heavy atom. The van der Waals surface area contributed by atoms with Crippen LogP contribution in [-0.4, -0.2) is 94.4 Å². The van der Waals surface area contributed by atoms with Crippen LogP contribution in [0.2, 0.25) is 0 Å². The first-order valence-electron chi connectivity index (χ1n) is 0.565. The Morgan fingerprint density at radius 1 is 1.29 bits per heavy atom. The van der Waals surface area contributed by atoms with Gasteiger partial charge in [-0.3, -0.25) is 0 Å². The molecule has 0 saturated carbocycles. The monoisotopic (exact) mass is 192 g/mol. The Kier molecular flexibility index (Phi) is 51.6. The fourth-order valence-corrected chi connectivity index (χ4v) is 0. The summed E-state index contributed by atoms with van der Waals surface area (Å²) in [7, 11) is 0. The van der Waals surface area contributed by atoms with E-state index in [-0.39, 0.29) is 90.3 Å². The van der Waals surface area contributed by atoms with E-state index in [1.165, 1.54) is 0 Å². The van der Waals surface area contributed by atoms with Crippen LogP contribution >= 0.6 is 0 Å². The van der Waals surface area contributed by atoms with E-state index in [2.05, 4.69) is 0 Å². The zero-order chi connectivity index (χ0) is 3.58. The van der Waals surface area contributed by atoms with Gasteiger partial charge in [-0.05, 0) is 0 Å². The van der Waals surface area contributed by atoms with Gasteiger partial charge in [0.15, 0.2) is 0 Å². The molecule has 0 radical (unpaired) electrons. The van der Waals surface area contributed by atoms with E-state index in [4.69, 9.17) is 11.4 Å². The van der Waals surface area contributed by atoms with Crippen LogP contribution in [0.15, 0.2) is 0 Å². The van der Waals surface area contributed by atoms with Crippen LogP contribution in [0.1, 0.15) is 0 Å². The molecule has 0 aliphatic heterocycles. The van der Waals surface area contributed by atoms with Crippen molar-refractivity contribution >= 4 is 90.3 Å². The van der Waals surface area contributed by atoms with Gasteiger partial charge in [-0.25, -0.2) is 0 Å². The van der Waals surface area contributed by atoms with Gasteiger partial charge in [0.25, 0.3) is 0 Å². The average molecular weight is 192 g/mol. The Hall–Kier alpha value is 3.17. The van der Waals surface area contributed by atoms with Crippen molar-refractivity contribution < 1.29 is 26.8 Å². The molecule has 0 rings (SSSR count). The second-order valence-electron chi connectivity index (χ2n) is 0.238. The topological polar surface area (TPSA) is 54.4 Å². The van der Waals surface area contributed by atoms with E-state index in [1.807, 2.05) is 0 Å². The third kappa shape index (κ3) is 46.9. The van der Waals surface area contributed by atoms with Crippen LogP contribution in [0.5, 0.6) is 0 Å². The van der Waals surface area contributed by atoms with Crippen molar-refractivity contribution in [2.45, 2.75) is 0 Å². The standard InChI is InChI=1S/Ca.Mg.Na.H2O.2O.V.5H/h;;;1H2;;;;;;;;/q;;;;;;+1;;;;;/p-1. The summed E-state index contributed by atoms with van der Waals surface area (Å²) in [6.07, 6.45) is 0. The van der Waals surface area contributed by atoms with Crippen molar-refractivity contribution in [1.82, 2.24) is 0 Å². The maximum absolute atomic E-state index is 8.67. The number of hydrogen-bond acceptors (Lipinski definition) is 2. The van der Waals surface area contributed by atoms with Crippen molar-refractivity contribution in [2.24, 2.45) is 0 Å². The van der Waals surface area contributed by atoms with Gasteiger partial charge in [0, 0.05) is 0 Å². The predicted octanol–water partition coefficient (Wildman–Crippen LogP) is -3.28. The van der Waals surface area contributed by atoms with Gasteiger partial charge in [0.1, 0.15) is 0 Å². The molecular formula is H6CaMgNaO3V. The van der Waals surface area contributed by atoms with Crippen LogP contribution in [0.25, 0.3) is 0 Å². The molecule has 0 amide bonds. The number of rotatable bonds is 0. The van der Waals surface area contributed by atoms with Crippen molar-refractivity contribution in [3.8, 4) is 0 Å². The van der Waals surface area contributed by atoms with E-state index in [0.29, 0.717) is 0 Å². The third-order valence-electron chi connectivity index (χ3n) is 0. The van der Waals surface area contributed by atoms with Crippen LogP contribution < -0.4 is 0 Å². The van der Waals surface area contributed by atoms with Gasteiger partial charge in [-0.15, -0.1) is 0 Å². The molecule has 0 fully saturated rings. The summed E-state index contributed by atoms with van der Waals surface area (Å²) in [4.78, 5) is 0. The van der Waals surface area contributed by atoms with Crippen molar-refractivity contribution in [3.05, 3.63) is 0 Å². The molecule has 0 aromatic heterocycles. The summed E-state index contributed by atoms with van der Waals surface area (Å²) >= 11 is -3.69. The van der Waals surface area contributed by atoms with E-state index in [9.17, 15) is 0 Å². The van der Waals surface area contributed by atoms with E-state index in [0.717, 1.165) is 0 Å². The van der Waals surface area contributed by atoms with Crippen LogP contribution in [-0.2, 0) is 22.7 Å². The molecule has 7 heavy (non-hydrogen) atoms. The first-order valence-corrected chi connectivity index (χ1v) is 2.33. The molecule has 0 aliphatic carbocycles. The summed E-state index contributed by atoms with van der Waals surface area (Å²) in [5, 5.41) is 0. The van der Waals surface area contributed by atoms with Crippen molar-refractivity contribution in [2.75, 3.05) is 0 Å². The molecule has 0 spiro atoms. The minimum absolute atomic E-state index is 0. The fourth-order valence-electron chi connectivity index (χ4n) is 0. The van der Waals surface area contributed by atoms with E-state index >= 15 is 0 Å². The molecule has 0 aromatic carbocycles. The Labute approximate surface area is 114 Å². The molecule has 0 bridgehead atoms. The van der Waals surface area contributed by atoms with Crippen LogP contribution in [0.3, 0.4) is 0 Å². The fraction of sp³-hybridized carbons (Fsp3) is 0. The first-order chi connectivity index (χ1) is 1.73. The van der Waals surface area contributed by atoms with Gasteiger partial charge >= 0.3 is 117 Å². The zero-order valence-corrected chi connectivity index (χ0v) is 3.11. The van der Waals surface area contributed by atoms with E-state index < -0.39 is 15.4 Å². The van der Waals surface area contributed by atoms with Gasteiger partial charge in [0.05, 0.1) is 0 Å². The Balaban J connectivity index is -0.0000000150. The molecule has 0 unspecified atom stereocenters. The zero-order valence-electron chi connectivity index (χ0n) is 1.71. The molecule has 34 valence electrons. The molecule has 7 heteroatoms. The minimum atomic E-state index is -3.69. The summed E-state index contributed by atoms with van der Waals surface area (Å²) in [6, 6.07) is 0. The normalized spacial score (nSPS) is 3.57. The Bertz CT molecular complexity index is 63.3. The van der Waals surface area contributed by atoms with Gasteiger partial charge in [0.2, 0.25) is 0 Å². The molecule has 0 saturated heterocycles. The predicted molar refractivity (Wildman–Crippen MR) is 27.8 cm³/mol. The molecule has 3 nitrogen and oxygen atoms in total. The van der Waals surface area contributed by atoms with Crippen LogP contribution in [0, 0.1) is 0 Å². The molecule has 0 heterocycles. The second kappa shape index (κ2) is 16.1. The Morgan fingerprint density at radius 3 is 1.29 bits per heavy atom. The summed E-state index contributed by atoms with van der Waals surface area (Å²) in [5.74, 6) is 0. The first kappa shape index (κ1) is 22.5. The SMILES string of the molecule is [CaH2].[MgH2].[NaH].[O]=[V](=[O])[OH]. The van der Waals surface area contributed by atoms with Gasteiger partial charge < -0.3 is 0 Å². The molecule has 0 aromatic rings. The van der Waals surface area contributed by atoms with Gasteiger partial charge in [-0.1, -0.05) is 0 Å². The van der Waals surface area contributed by atoms with E-state index in [1.54, 1.807) is 0 Å². The molecular weight excluding hydrogens is 186 g/mol. The van der Waals surface area contributed by atoms with Crippen molar-refractivity contribution in [1.29, 1.82) is 0 Å². The summed E-state index contributed by atoms with van der Waals surface area (Å²) < 4.78 is 24.4. The maximum atomic E-state index is 8.67. The van der Waals surface area contributed by atoms with Crippen LogP contribution in [0.4, 0.5) is 0 Å². The molecule has 0 aliphatic rings. The number of hydrogen-bond donors (Lipinski definition) is 1. The third-order valence-corrected chi connectivity index (χ3v) is 0.